The molecule has 2 aromatic rings. The van der Waals surface area contributed by atoms with Gasteiger partial charge in [0.05, 0.1) is 5.69 Å². The molecule has 1 N–H and O–H groups in total. The first kappa shape index (κ1) is 14.5. The van der Waals surface area contributed by atoms with Gasteiger partial charge in [-0.1, -0.05) is 23.7 Å². The molecule has 1 amide bonds. The Morgan fingerprint density at radius 2 is 1.95 bits per heavy atom. The molecule has 1 aromatic heterocycles. The SMILES string of the molecule is Cc1nc(-c2ccc(Cl)cc2)sc1C(=O)N1CCNCC1. The topological polar surface area (TPSA) is 45.2 Å². The first-order valence-corrected chi connectivity index (χ1v) is 8.08. The van der Waals surface area contributed by atoms with Crippen LogP contribution in [0.2, 0.25) is 5.02 Å². The highest BCUT2D eigenvalue weighted by Crippen LogP contribution is 2.29. The fourth-order valence-corrected chi connectivity index (χ4v) is 3.49. The number of nitrogens with zero attached hydrogens (tertiary/aromatic N) is 2. The van der Waals surface area contributed by atoms with Crippen LogP contribution in [0.5, 0.6) is 0 Å². The zero-order valence-electron chi connectivity index (χ0n) is 11.7. The molecular formula is C15H16ClN3OS. The number of piperazine rings is 1. The molecule has 0 saturated carbocycles. The maximum Gasteiger partial charge on any atom is 0.265 e. The number of halogens is 1. The smallest absolute Gasteiger partial charge is 0.265 e. The zero-order chi connectivity index (χ0) is 14.8. The summed E-state index contributed by atoms with van der Waals surface area (Å²) in [4.78, 5) is 19.7. The average Bonchev–Trinajstić information content (AvgIpc) is 2.90. The van der Waals surface area contributed by atoms with Crippen LogP contribution < -0.4 is 5.32 Å². The summed E-state index contributed by atoms with van der Waals surface area (Å²) < 4.78 is 0. The summed E-state index contributed by atoms with van der Waals surface area (Å²) in [6.07, 6.45) is 0. The molecule has 1 fully saturated rings. The first-order chi connectivity index (χ1) is 10.1. The second kappa shape index (κ2) is 6.13. The molecule has 0 radical (unpaired) electrons. The third-order valence-corrected chi connectivity index (χ3v) is 4.93. The van der Waals surface area contributed by atoms with E-state index in [-0.39, 0.29) is 5.91 Å². The fraction of sp³-hybridized carbons (Fsp3) is 0.333. The van der Waals surface area contributed by atoms with Gasteiger partial charge in [0.25, 0.3) is 5.91 Å². The Balaban J connectivity index is 1.87. The molecule has 0 unspecified atom stereocenters. The highest BCUT2D eigenvalue weighted by Gasteiger charge is 2.23. The van der Waals surface area contributed by atoms with E-state index in [1.54, 1.807) is 0 Å². The number of benzene rings is 1. The van der Waals surface area contributed by atoms with E-state index >= 15 is 0 Å². The van der Waals surface area contributed by atoms with Crippen LogP contribution in [-0.2, 0) is 0 Å². The highest BCUT2D eigenvalue weighted by molar-refractivity contribution is 7.17. The molecule has 1 aliphatic rings. The molecular weight excluding hydrogens is 306 g/mol. The van der Waals surface area contributed by atoms with E-state index in [1.807, 2.05) is 36.1 Å². The van der Waals surface area contributed by atoms with Crippen LogP contribution in [0, 0.1) is 6.92 Å². The largest absolute Gasteiger partial charge is 0.335 e. The molecule has 0 aliphatic carbocycles. The highest BCUT2D eigenvalue weighted by atomic mass is 35.5. The summed E-state index contributed by atoms with van der Waals surface area (Å²) in [6.45, 7) is 5.12. The third kappa shape index (κ3) is 3.10. The van der Waals surface area contributed by atoms with Crippen LogP contribution in [-0.4, -0.2) is 42.0 Å². The Morgan fingerprint density at radius 1 is 1.29 bits per heavy atom. The molecule has 3 rings (SSSR count). The Kier molecular flexibility index (Phi) is 4.24. The minimum atomic E-state index is 0.0895. The lowest BCUT2D eigenvalue weighted by molar-refractivity contribution is 0.0740. The standard InChI is InChI=1S/C15H16ClN3OS/c1-10-13(15(20)19-8-6-17-7-9-19)21-14(18-10)11-2-4-12(16)5-3-11/h2-5,17H,6-9H2,1H3. The van der Waals surface area contributed by atoms with Crippen molar-refractivity contribution in [2.45, 2.75) is 6.92 Å². The molecule has 1 aromatic carbocycles. The van der Waals surface area contributed by atoms with Crippen molar-refractivity contribution in [1.82, 2.24) is 15.2 Å². The van der Waals surface area contributed by atoms with Crippen LogP contribution in [0.25, 0.3) is 10.6 Å². The summed E-state index contributed by atoms with van der Waals surface area (Å²) in [5.41, 5.74) is 1.79. The van der Waals surface area contributed by atoms with Crippen molar-refractivity contribution in [3.05, 3.63) is 39.9 Å². The first-order valence-electron chi connectivity index (χ1n) is 6.88. The van der Waals surface area contributed by atoms with Gasteiger partial charge in [-0.15, -0.1) is 11.3 Å². The van der Waals surface area contributed by atoms with E-state index in [0.29, 0.717) is 5.02 Å². The van der Waals surface area contributed by atoms with Gasteiger partial charge in [0, 0.05) is 36.8 Å². The van der Waals surface area contributed by atoms with Gasteiger partial charge in [0.2, 0.25) is 0 Å². The number of nitrogens with one attached hydrogen (secondary N) is 1. The Hall–Kier alpha value is -1.43. The quantitative estimate of drug-likeness (QED) is 0.925. The summed E-state index contributed by atoms with van der Waals surface area (Å²) in [5, 5.41) is 4.82. The number of aryl methyl sites for hydroxylation is 1. The molecule has 110 valence electrons. The fourth-order valence-electron chi connectivity index (χ4n) is 2.32. The molecule has 2 heterocycles. The van der Waals surface area contributed by atoms with Gasteiger partial charge in [0.15, 0.2) is 0 Å². The lowest BCUT2D eigenvalue weighted by atomic mass is 10.2. The van der Waals surface area contributed by atoms with Crippen LogP contribution in [0.4, 0.5) is 0 Å². The van der Waals surface area contributed by atoms with Crippen LogP contribution in [0.1, 0.15) is 15.4 Å². The predicted octanol–water partition coefficient (Wildman–Crippen LogP) is 2.82. The van der Waals surface area contributed by atoms with Crippen LogP contribution in [0.3, 0.4) is 0 Å². The van der Waals surface area contributed by atoms with E-state index < -0.39 is 0 Å². The van der Waals surface area contributed by atoms with E-state index in [0.717, 1.165) is 47.3 Å². The van der Waals surface area contributed by atoms with Crippen LogP contribution >= 0.6 is 22.9 Å². The van der Waals surface area contributed by atoms with E-state index in [1.165, 1.54) is 11.3 Å². The number of hydrogen-bond acceptors (Lipinski definition) is 4. The second-order valence-electron chi connectivity index (χ2n) is 4.98. The van der Waals surface area contributed by atoms with Gasteiger partial charge in [0.1, 0.15) is 9.88 Å². The van der Waals surface area contributed by atoms with Crippen molar-refractivity contribution in [2.75, 3.05) is 26.2 Å². The average molecular weight is 322 g/mol. The van der Waals surface area contributed by atoms with Crippen LogP contribution in [0.15, 0.2) is 24.3 Å². The lowest BCUT2D eigenvalue weighted by Crippen LogP contribution is -2.46. The van der Waals surface area contributed by atoms with E-state index in [4.69, 9.17) is 11.6 Å². The Morgan fingerprint density at radius 3 is 2.62 bits per heavy atom. The molecule has 0 spiro atoms. The van der Waals surface area contributed by atoms with E-state index in [9.17, 15) is 4.79 Å². The monoisotopic (exact) mass is 321 g/mol. The van der Waals surface area contributed by atoms with Gasteiger partial charge in [-0.3, -0.25) is 4.79 Å². The van der Waals surface area contributed by atoms with E-state index in [2.05, 4.69) is 10.3 Å². The second-order valence-corrected chi connectivity index (χ2v) is 6.42. The summed E-state index contributed by atoms with van der Waals surface area (Å²) in [6, 6.07) is 7.54. The minimum Gasteiger partial charge on any atom is -0.335 e. The molecule has 0 bridgehead atoms. The normalized spacial score (nSPS) is 15.2. The predicted molar refractivity (Wildman–Crippen MR) is 86.1 cm³/mol. The van der Waals surface area contributed by atoms with Gasteiger partial charge >= 0.3 is 0 Å². The lowest BCUT2D eigenvalue weighted by Gasteiger charge is -2.27. The van der Waals surface area contributed by atoms with Crippen molar-refractivity contribution in [3.63, 3.8) is 0 Å². The molecule has 0 atom stereocenters. The maximum atomic E-state index is 12.6. The number of hydrogen-bond donors (Lipinski definition) is 1. The number of carbonyl (C=O) groups excluding carboxylic acids is 1. The molecule has 1 saturated heterocycles. The Bertz CT molecular complexity index is 647. The number of carbonyl (C=O) groups is 1. The summed E-state index contributed by atoms with van der Waals surface area (Å²) in [5.74, 6) is 0.0895. The van der Waals surface area contributed by atoms with Gasteiger partial charge in [-0.2, -0.15) is 0 Å². The van der Waals surface area contributed by atoms with Crippen molar-refractivity contribution in [3.8, 4) is 10.6 Å². The Labute approximate surface area is 132 Å². The molecule has 21 heavy (non-hydrogen) atoms. The third-order valence-electron chi connectivity index (χ3n) is 3.49. The van der Waals surface area contributed by atoms with Gasteiger partial charge in [-0.05, 0) is 19.1 Å². The van der Waals surface area contributed by atoms with Crippen molar-refractivity contribution in [1.29, 1.82) is 0 Å². The van der Waals surface area contributed by atoms with Gasteiger partial charge < -0.3 is 10.2 Å². The molecule has 1 aliphatic heterocycles. The summed E-state index contributed by atoms with van der Waals surface area (Å²) >= 11 is 7.36. The van der Waals surface area contributed by atoms with Crippen molar-refractivity contribution in [2.24, 2.45) is 0 Å². The van der Waals surface area contributed by atoms with Gasteiger partial charge in [-0.25, -0.2) is 4.98 Å². The van der Waals surface area contributed by atoms with Crippen molar-refractivity contribution < 1.29 is 4.79 Å². The zero-order valence-corrected chi connectivity index (χ0v) is 13.3. The number of aromatic nitrogens is 1. The molecule has 6 heteroatoms. The van der Waals surface area contributed by atoms with Crippen molar-refractivity contribution >= 4 is 28.8 Å². The summed E-state index contributed by atoms with van der Waals surface area (Å²) in [7, 11) is 0. The number of rotatable bonds is 2. The number of thiazole rings is 1. The minimum absolute atomic E-state index is 0.0895. The number of amides is 1. The maximum absolute atomic E-state index is 12.6. The molecule has 4 nitrogen and oxygen atoms in total.